The lowest BCUT2D eigenvalue weighted by Gasteiger charge is -2.27. The highest BCUT2D eigenvalue weighted by atomic mass is 16.3. The molecule has 0 aromatic heterocycles. The van der Waals surface area contributed by atoms with Gasteiger partial charge < -0.3 is 10.4 Å². The molecule has 1 saturated carbocycles. The van der Waals surface area contributed by atoms with Crippen LogP contribution in [-0.4, -0.2) is 18.2 Å². The minimum absolute atomic E-state index is 0.334. The molecule has 11 heavy (non-hydrogen) atoms. The van der Waals surface area contributed by atoms with Crippen LogP contribution in [0.2, 0.25) is 0 Å². The second kappa shape index (κ2) is 3.77. The zero-order valence-corrected chi connectivity index (χ0v) is 7.14. The van der Waals surface area contributed by atoms with Gasteiger partial charge in [0.1, 0.15) is 0 Å². The van der Waals surface area contributed by atoms with Gasteiger partial charge >= 0.3 is 0 Å². The molecule has 2 N–H and O–H groups in total. The van der Waals surface area contributed by atoms with Gasteiger partial charge in [-0.2, -0.15) is 0 Å². The van der Waals surface area contributed by atoms with Crippen molar-refractivity contribution in [2.24, 2.45) is 5.92 Å². The molecule has 0 spiro atoms. The van der Waals surface area contributed by atoms with E-state index >= 15 is 0 Å². The van der Waals surface area contributed by atoms with Gasteiger partial charge in [0.15, 0.2) is 0 Å². The summed E-state index contributed by atoms with van der Waals surface area (Å²) in [5.41, 5.74) is 0. The van der Waals surface area contributed by atoms with Gasteiger partial charge in [-0.15, -0.1) is 0 Å². The Labute approximate surface area is 68.3 Å². The molecule has 2 nitrogen and oxygen atoms in total. The Morgan fingerprint density at radius 2 is 2.27 bits per heavy atom. The molecular formula is C9H17NO. The molecule has 1 aliphatic rings. The first kappa shape index (κ1) is 8.60. The monoisotopic (exact) mass is 155 g/mol. The average molecular weight is 155 g/mol. The summed E-state index contributed by atoms with van der Waals surface area (Å²) in [5, 5.41) is 12.4. The molecule has 0 heterocycles. The fourth-order valence-corrected chi connectivity index (χ4v) is 1.75. The van der Waals surface area contributed by atoms with Crippen molar-refractivity contribution in [3.8, 4) is 0 Å². The van der Waals surface area contributed by atoms with Crippen molar-refractivity contribution in [2.75, 3.05) is 7.05 Å². The predicted octanol–water partition coefficient (Wildman–Crippen LogP) is 1.84. The van der Waals surface area contributed by atoms with Gasteiger partial charge in [-0.25, -0.2) is 0 Å². The molecule has 2 unspecified atom stereocenters. The number of hydrogen-bond acceptors (Lipinski definition) is 2. The Balaban J connectivity index is 2.39. The van der Waals surface area contributed by atoms with Gasteiger partial charge in [-0.05, 0) is 26.3 Å². The molecule has 64 valence electrons. The van der Waals surface area contributed by atoms with Crippen LogP contribution in [0.1, 0.15) is 25.7 Å². The number of rotatable bonds is 2. The molecule has 0 bridgehead atoms. The van der Waals surface area contributed by atoms with E-state index in [1.54, 1.807) is 0 Å². The molecule has 0 saturated heterocycles. The van der Waals surface area contributed by atoms with Gasteiger partial charge in [-0.1, -0.05) is 13.0 Å². The molecule has 2 atom stereocenters. The summed E-state index contributed by atoms with van der Waals surface area (Å²) in [7, 11) is 1.98. The Bertz CT molecular complexity index is 144. The fourth-order valence-electron chi connectivity index (χ4n) is 1.75. The van der Waals surface area contributed by atoms with Crippen molar-refractivity contribution in [1.29, 1.82) is 0 Å². The number of aliphatic hydroxyl groups is 1. The fraction of sp³-hybridized carbons (Fsp3) is 0.778. The predicted molar refractivity (Wildman–Crippen MR) is 46.6 cm³/mol. The van der Waals surface area contributed by atoms with E-state index in [-0.39, 0.29) is 0 Å². The van der Waals surface area contributed by atoms with E-state index in [9.17, 15) is 0 Å². The minimum Gasteiger partial charge on any atom is -0.513 e. The van der Waals surface area contributed by atoms with E-state index in [2.05, 4.69) is 11.9 Å². The third-order valence-electron chi connectivity index (χ3n) is 2.55. The third-order valence-corrected chi connectivity index (χ3v) is 2.55. The maximum Gasteiger partial charge on any atom is 0.0882 e. The third kappa shape index (κ3) is 2.22. The topological polar surface area (TPSA) is 32.3 Å². The van der Waals surface area contributed by atoms with Crippen LogP contribution in [-0.2, 0) is 0 Å². The Morgan fingerprint density at radius 3 is 2.82 bits per heavy atom. The number of allylic oxidation sites excluding steroid dienone is 1. The van der Waals surface area contributed by atoms with Crippen molar-refractivity contribution in [2.45, 2.75) is 31.7 Å². The molecule has 1 aliphatic carbocycles. The zero-order valence-electron chi connectivity index (χ0n) is 7.14. The molecular weight excluding hydrogens is 138 g/mol. The molecule has 0 aromatic carbocycles. The van der Waals surface area contributed by atoms with E-state index in [4.69, 9.17) is 5.11 Å². The highest BCUT2D eigenvalue weighted by Gasteiger charge is 2.22. The lowest BCUT2D eigenvalue weighted by atomic mass is 9.85. The minimum atomic E-state index is 0.334. The van der Waals surface area contributed by atoms with E-state index in [0.717, 1.165) is 12.8 Å². The second-order valence-electron chi connectivity index (χ2n) is 3.34. The molecule has 1 fully saturated rings. The van der Waals surface area contributed by atoms with Gasteiger partial charge in [-0.3, -0.25) is 0 Å². The summed E-state index contributed by atoms with van der Waals surface area (Å²) in [4.78, 5) is 0. The lowest BCUT2D eigenvalue weighted by Crippen LogP contribution is -2.31. The smallest absolute Gasteiger partial charge is 0.0882 e. The molecule has 0 radical (unpaired) electrons. The van der Waals surface area contributed by atoms with Crippen LogP contribution in [0.4, 0.5) is 0 Å². The first-order valence-corrected chi connectivity index (χ1v) is 4.29. The first-order valence-electron chi connectivity index (χ1n) is 4.29. The summed E-state index contributed by atoms with van der Waals surface area (Å²) in [6, 6.07) is 0.581. The maximum absolute atomic E-state index is 9.17. The molecule has 0 amide bonds. The number of hydrogen-bond donors (Lipinski definition) is 2. The van der Waals surface area contributed by atoms with Crippen molar-refractivity contribution in [3.63, 3.8) is 0 Å². The Morgan fingerprint density at radius 1 is 1.55 bits per heavy atom. The van der Waals surface area contributed by atoms with Crippen LogP contribution in [0, 0.1) is 5.92 Å². The largest absolute Gasteiger partial charge is 0.513 e. The van der Waals surface area contributed by atoms with E-state index in [1.807, 2.05) is 7.05 Å². The van der Waals surface area contributed by atoms with Crippen molar-refractivity contribution >= 4 is 0 Å². The van der Waals surface area contributed by atoms with Gasteiger partial charge in [0.25, 0.3) is 0 Å². The van der Waals surface area contributed by atoms with Gasteiger partial charge in [0.2, 0.25) is 0 Å². The maximum atomic E-state index is 9.17. The van der Waals surface area contributed by atoms with Crippen molar-refractivity contribution in [1.82, 2.24) is 5.32 Å². The van der Waals surface area contributed by atoms with Crippen LogP contribution in [0.25, 0.3) is 0 Å². The van der Waals surface area contributed by atoms with E-state index in [1.165, 1.54) is 12.8 Å². The zero-order chi connectivity index (χ0) is 8.27. The van der Waals surface area contributed by atoms with E-state index in [0.29, 0.717) is 17.7 Å². The molecule has 2 heteroatoms. The van der Waals surface area contributed by atoms with Crippen molar-refractivity contribution < 1.29 is 5.11 Å². The highest BCUT2D eigenvalue weighted by Crippen LogP contribution is 2.27. The summed E-state index contributed by atoms with van der Waals surface area (Å²) < 4.78 is 0. The highest BCUT2D eigenvalue weighted by molar-refractivity contribution is 4.93. The quantitative estimate of drug-likeness (QED) is 0.596. The van der Waals surface area contributed by atoms with Crippen molar-refractivity contribution in [3.05, 3.63) is 12.3 Å². The van der Waals surface area contributed by atoms with Crippen LogP contribution in [0.15, 0.2) is 12.3 Å². The second-order valence-corrected chi connectivity index (χ2v) is 3.34. The van der Waals surface area contributed by atoms with Crippen LogP contribution >= 0.6 is 0 Å². The summed E-state index contributed by atoms with van der Waals surface area (Å²) in [5.74, 6) is 0.700. The Kier molecular flexibility index (Phi) is 2.94. The average Bonchev–Trinajstić information content (AvgIpc) is 2.05. The van der Waals surface area contributed by atoms with E-state index < -0.39 is 0 Å². The number of aliphatic hydroxyl groups excluding tert-OH is 1. The standard InChI is InChI=1S/C9H17NO/c1-7(11)8-4-3-5-9(6-8)10-2/h8-11H,1,3-6H2,2H3. The first-order chi connectivity index (χ1) is 5.24. The summed E-state index contributed by atoms with van der Waals surface area (Å²) in [6.07, 6.45) is 4.59. The van der Waals surface area contributed by atoms with Crippen LogP contribution in [0.3, 0.4) is 0 Å². The number of nitrogens with one attached hydrogen (secondary N) is 1. The van der Waals surface area contributed by atoms with Crippen LogP contribution < -0.4 is 5.32 Å². The Hall–Kier alpha value is -0.500. The molecule has 1 rings (SSSR count). The normalized spacial score (nSPS) is 31.7. The summed E-state index contributed by atoms with van der Waals surface area (Å²) >= 11 is 0. The SMILES string of the molecule is C=C(O)C1CCCC(NC)C1. The lowest BCUT2D eigenvalue weighted by molar-refractivity contribution is 0.248. The van der Waals surface area contributed by atoms with Gasteiger partial charge in [0.05, 0.1) is 5.76 Å². The molecule has 0 aliphatic heterocycles. The molecule has 0 aromatic rings. The van der Waals surface area contributed by atoms with Gasteiger partial charge in [0, 0.05) is 12.0 Å². The van der Waals surface area contributed by atoms with Crippen LogP contribution in [0.5, 0.6) is 0 Å². The summed E-state index contributed by atoms with van der Waals surface area (Å²) in [6.45, 7) is 3.58.